The number of hydrogen-bond acceptors (Lipinski definition) is 3. The summed E-state index contributed by atoms with van der Waals surface area (Å²) in [6.45, 7) is 1.25. The van der Waals surface area contributed by atoms with Gasteiger partial charge in [0, 0.05) is 6.07 Å². The Balaban J connectivity index is 2.43. The van der Waals surface area contributed by atoms with Gasteiger partial charge in [0.05, 0.1) is 17.2 Å². The van der Waals surface area contributed by atoms with Crippen molar-refractivity contribution in [2.24, 2.45) is 0 Å². The molecule has 0 atom stereocenters. The van der Waals surface area contributed by atoms with Crippen LogP contribution in [0.1, 0.15) is 11.1 Å². The fourth-order valence-electron chi connectivity index (χ4n) is 1.95. The largest absolute Gasteiger partial charge is 0.392 e. The second kappa shape index (κ2) is 5.79. The van der Waals surface area contributed by atoms with Crippen molar-refractivity contribution in [3.63, 3.8) is 0 Å². The first-order chi connectivity index (χ1) is 9.83. The summed E-state index contributed by atoms with van der Waals surface area (Å²) in [6, 6.07) is 6.84. The summed E-state index contributed by atoms with van der Waals surface area (Å²) in [5.74, 6) is -1.76. The van der Waals surface area contributed by atoms with Crippen molar-refractivity contribution in [2.75, 3.05) is 4.72 Å². The van der Waals surface area contributed by atoms with E-state index in [1.54, 1.807) is 13.0 Å². The van der Waals surface area contributed by atoms with E-state index in [9.17, 15) is 17.2 Å². The Morgan fingerprint density at radius 3 is 2.33 bits per heavy atom. The van der Waals surface area contributed by atoms with Gasteiger partial charge in [0.2, 0.25) is 0 Å². The summed E-state index contributed by atoms with van der Waals surface area (Å²) in [5, 5.41) is 9.16. The van der Waals surface area contributed by atoms with Gasteiger partial charge in [-0.1, -0.05) is 12.1 Å². The van der Waals surface area contributed by atoms with Crippen molar-refractivity contribution in [3.05, 3.63) is 59.2 Å². The van der Waals surface area contributed by atoms with E-state index >= 15 is 0 Å². The Bertz CT molecular complexity index is 756. The molecule has 0 heterocycles. The zero-order valence-corrected chi connectivity index (χ0v) is 11.9. The lowest BCUT2D eigenvalue weighted by Gasteiger charge is -2.12. The maximum Gasteiger partial charge on any atom is 0.262 e. The van der Waals surface area contributed by atoms with Crippen LogP contribution < -0.4 is 4.72 Å². The van der Waals surface area contributed by atoms with Crippen molar-refractivity contribution in [1.82, 2.24) is 0 Å². The molecule has 2 rings (SSSR count). The minimum absolute atomic E-state index is 0.0567. The average Bonchev–Trinajstić information content (AvgIpc) is 2.36. The van der Waals surface area contributed by atoms with Gasteiger partial charge >= 0.3 is 0 Å². The minimum Gasteiger partial charge on any atom is -0.392 e. The van der Waals surface area contributed by atoms with Crippen LogP contribution in [-0.4, -0.2) is 13.5 Å². The van der Waals surface area contributed by atoms with Crippen molar-refractivity contribution >= 4 is 15.7 Å². The van der Waals surface area contributed by atoms with Crippen molar-refractivity contribution in [2.45, 2.75) is 18.4 Å². The van der Waals surface area contributed by atoms with E-state index in [4.69, 9.17) is 5.11 Å². The number of rotatable bonds is 4. The Morgan fingerprint density at radius 1 is 1.14 bits per heavy atom. The lowest BCUT2D eigenvalue weighted by atomic mass is 10.1. The summed E-state index contributed by atoms with van der Waals surface area (Å²) < 4.78 is 52.9. The second-order valence-corrected chi connectivity index (χ2v) is 6.11. The predicted octanol–water partition coefficient (Wildman–Crippen LogP) is 2.57. The van der Waals surface area contributed by atoms with Crippen LogP contribution in [0.15, 0.2) is 41.3 Å². The van der Waals surface area contributed by atoms with Gasteiger partial charge in [-0.05, 0) is 36.2 Å². The first-order valence-corrected chi connectivity index (χ1v) is 7.50. The molecule has 0 aliphatic carbocycles. The number of sulfonamides is 1. The monoisotopic (exact) mass is 313 g/mol. The molecule has 4 nitrogen and oxygen atoms in total. The third-order valence-electron chi connectivity index (χ3n) is 2.97. The van der Waals surface area contributed by atoms with E-state index < -0.39 is 21.7 Å². The van der Waals surface area contributed by atoms with Crippen molar-refractivity contribution in [1.29, 1.82) is 0 Å². The topological polar surface area (TPSA) is 66.4 Å². The van der Waals surface area contributed by atoms with Crippen LogP contribution in [0.3, 0.4) is 0 Å². The van der Waals surface area contributed by atoms with Crippen LogP contribution in [-0.2, 0) is 16.6 Å². The molecule has 0 aliphatic heterocycles. The van der Waals surface area contributed by atoms with Gasteiger partial charge in [-0.15, -0.1) is 0 Å². The molecule has 7 heteroatoms. The molecule has 112 valence electrons. The molecule has 21 heavy (non-hydrogen) atoms. The highest BCUT2D eigenvalue weighted by Gasteiger charge is 2.19. The lowest BCUT2D eigenvalue weighted by molar-refractivity contribution is 0.280. The SMILES string of the molecule is Cc1c(CO)cccc1S(=O)(=O)Nc1cc(F)cc(F)c1. The van der Waals surface area contributed by atoms with Crippen LogP contribution in [0.5, 0.6) is 0 Å². The highest BCUT2D eigenvalue weighted by Crippen LogP contribution is 2.23. The Hall–Kier alpha value is -1.99. The van der Waals surface area contributed by atoms with Gasteiger partial charge in [-0.3, -0.25) is 4.72 Å². The number of benzene rings is 2. The molecule has 0 saturated carbocycles. The van der Waals surface area contributed by atoms with E-state index in [2.05, 4.69) is 4.72 Å². The maximum absolute atomic E-state index is 13.1. The van der Waals surface area contributed by atoms with E-state index in [1.165, 1.54) is 12.1 Å². The number of halogens is 2. The highest BCUT2D eigenvalue weighted by molar-refractivity contribution is 7.92. The van der Waals surface area contributed by atoms with E-state index in [0.717, 1.165) is 12.1 Å². The molecule has 0 aromatic heterocycles. The molecule has 2 aromatic rings. The molecule has 0 aliphatic rings. The fourth-order valence-corrected chi connectivity index (χ4v) is 3.28. The smallest absolute Gasteiger partial charge is 0.262 e. The summed E-state index contributed by atoms with van der Waals surface area (Å²) >= 11 is 0. The van der Waals surface area contributed by atoms with Gasteiger partial charge in [0.25, 0.3) is 10.0 Å². The molecular weight excluding hydrogens is 300 g/mol. The van der Waals surface area contributed by atoms with Gasteiger partial charge < -0.3 is 5.11 Å². The van der Waals surface area contributed by atoms with E-state index in [-0.39, 0.29) is 17.2 Å². The van der Waals surface area contributed by atoms with Crippen LogP contribution >= 0.6 is 0 Å². The molecule has 2 aromatic carbocycles. The van der Waals surface area contributed by atoms with Gasteiger partial charge in [-0.2, -0.15) is 0 Å². The van der Waals surface area contributed by atoms with E-state index in [1.807, 2.05) is 0 Å². The number of hydrogen-bond donors (Lipinski definition) is 2. The first-order valence-electron chi connectivity index (χ1n) is 6.02. The first kappa shape index (κ1) is 15.4. The Labute approximate surface area is 121 Å². The standard InChI is InChI=1S/C14H13F2NO3S/c1-9-10(8-18)3-2-4-14(9)21(19,20)17-13-6-11(15)5-12(16)7-13/h2-7,17-18H,8H2,1H3. The summed E-state index contributed by atoms with van der Waals surface area (Å²) in [6.07, 6.45) is 0. The lowest BCUT2D eigenvalue weighted by Crippen LogP contribution is -2.15. The van der Waals surface area contributed by atoms with Gasteiger partial charge in [-0.25, -0.2) is 17.2 Å². The average molecular weight is 313 g/mol. The Morgan fingerprint density at radius 2 is 1.76 bits per heavy atom. The van der Waals surface area contributed by atoms with Crippen molar-refractivity contribution in [3.8, 4) is 0 Å². The summed E-state index contributed by atoms with van der Waals surface area (Å²) in [4.78, 5) is -0.0567. The molecule has 0 amide bonds. The van der Waals surface area contributed by atoms with Crippen LogP contribution in [0.4, 0.5) is 14.5 Å². The van der Waals surface area contributed by atoms with Crippen LogP contribution in [0.25, 0.3) is 0 Å². The zero-order chi connectivity index (χ0) is 15.6. The normalized spacial score (nSPS) is 11.4. The molecule has 0 bridgehead atoms. The van der Waals surface area contributed by atoms with Crippen molar-refractivity contribution < 1.29 is 22.3 Å². The maximum atomic E-state index is 13.1. The summed E-state index contributed by atoms with van der Waals surface area (Å²) in [7, 11) is -4.00. The van der Waals surface area contributed by atoms with Crippen LogP contribution in [0, 0.1) is 18.6 Å². The van der Waals surface area contributed by atoms with Crippen LogP contribution in [0.2, 0.25) is 0 Å². The fraction of sp³-hybridized carbons (Fsp3) is 0.143. The molecule has 0 saturated heterocycles. The minimum atomic E-state index is -4.00. The molecule has 2 N–H and O–H groups in total. The second-order valence-electron chi connectivity index (χ2n) is 4.46. The van der Waals surface area contributed by atoms with E-state index in [0.29, 0.717) is 17.2 Å². The van der Waals surface area contributed by atoms with Gasteiger partial charge in [0.15, 0.2) is 0 Å². The molecule has 0 spiro atoms. The molecule has 0 radical (unpaired) electrons. The number of aliphatic hydroxyl groups excluding tert-OH is 1. The predicted molar refractivity (Wildman–Crippen MR) is 74.3 cm³/mol. The van der Waals surface area contributed by atoms with Gasteiger partial charge in [0.1, 0.15) is 11.6 Å². The zero-order valence-electron chi connectivity index (χ0n) is 11.1. The molecule has 0 fully saturated rings. The quantitative estimate of drug-likeness (QED) is 0.911. The summed E-state index contributed by atoms with van der Waals surface area (Å²) in [5.41, 5.74) is 0.633. The molecular formula is C14H13F2NO3S. The number of nitrogens with one attached hydrogen (secondary N) is 1. The third kappa shape index (κ3) is 3.37. The number of aliphatic hydroxyl groups is 1. The molecule has 0 unspecified atom stereocenters. The number of anilines is 1. The highest BCUT2D eigenvalue weighted by atomic mass is 32.2. The third-order valence-corrected chi connectivity index (χ3v) is 4.50. The Kier molecular flexibility index (Phi) is 4.24.